The highest BCUT2D eigenvalue weighted by Crippen LogP contribution is 2.41. The van der Waals surface area contributed by atoms with Crippen LogP contribution in [0.5, 0.6) is 0 Å². The van der Waals surface area contributed by atoms with E-state index in [1.165, 1.54) is 18.7 Å². The van der Waals surface area contributed by atoms with Gasteiger partial charge in [-0.15, -0.1) is 10.2 Å². The van der Waals surface area contributed by atoms with Crippen LogP contribution in [0.1, 0.15) is 60.2 Å². The number of aryl methyl sites for hydroxylation is 1. The number of hydrogen-bond donors (Lipinski definition) is 1. The number of carbonyl (C=O) groups excluding carboxylic acids is 2. The molecule has 1 N–H and O–H groups in total. The number of anilines is 1. The van der Waals surface area contributed by atoms with Crippen LogP contribution in [0, 0.1) is 13.8 Å². The van der Waals surface area contributed by atoms with Gasteiger partial charge in [-0.3, -0.25) is 14.2 Å². The first kappa shape index (κ1) is 21.4. The maximum atomic E-state index is 13.0. The molecule has 0 unspecified atom stereocenters. The van der Waals surface area contributed by atoms with E-state index >= 15 is 0 Å². The molecule has 0 atom stereocenters. The van der Waals surface area contributed by atoms with Gasteiger partial charge in [-0.2, -0.15) is 0 Å². The second kappa shape index (κ2) is 8.70. The molecule has 162 valence electrons. The van der Waals surface area contributed by atoms with Crippen molar-refractivity contribution < 1.29 is 9.59 Å². The second-order valence-electron chi connectivity index (χ2n) is 7.92. The van der Waals surface area contributed by atoms with E-state index in [1.54, 1.807) is 0 Å². The third-order valence-electron chi connectivity index (χ3n) is 5.55. The molecule has 1 fully saturated rings. The lowest BCUT2D eigenvalue weighted by Crippen LogP contribution is -2.09. The zero-order chi connectivity index (χ0) is 22.1. The Bertz CT molecular complexity index is 1140. The average Bonchev–Trinajstić information content (AvgIpc) is 3.42. The van der Waals surface area contributed by atoms with Crippen molar-refractivity contribution >= 4 is 29.1 Å². The molecule has 1 saturated carbocycles. The predicted molar refractivity (Wildman–Crippen MR) is 122 cm³/mol. The molecule has 0 radical (unpaired) electrons. The average molecular weight is 438 g/mol. The fourth-order valence-corrected chi connectivity index (χ4v) is 4.77. The third-order valence-corrected chi connectivity index (χ3v) is 6.48. The van der Waals surface area contributed by atoms with E-state index in [0.717, 1.165) is 53.5 Å². The summed E-state index contributed by atoms with van der Waals surface area (Å²) < 4.78 is 4.18. The lowest BCUT2D eigenvalue weighted by Gasteiger charge is -2.11. The number of benzene rings is 1. The van der Waals surface area contributed by atoms with Crippen molar-refractivity contribution in [1.29, 1.82) is 0 Å². The van der Waals surface area contributed by atoms with Crippen LogP contribution in [0.15, 0.2) is 35.5 Å². The summed E-state index contributed by atoms with van der Waals surface area (Å²) in [6.45, 7) is 8.45. The number of nitrogens with zero attached hydrogens (tertiary/aromatic N) is 4. The number of aromatic nitrogens is 4. The molecule has 3 aromatic rings. The van der Waals surface area contributed by atoms with Gasteiger partial charge in [-0.05, 0) is 57.9 Å². The molecule has 0 saturated heterocycles. The lowest BCUT2D eigenvalue weighted by atomic mass is 10.2. The minimum Gasteiger partial charge on any atom is -0.349 e. The third kappa shape index (κ3) is 4.44. The van der Waals surface area contributed by atoms with Crippen LogP contribution >= 0.6 is 11.8 Å². The van der Waals surface area contributed by atoms with Crippen LogP contribution < -0.4 is 5.32 Å². The lowest BCUT2D eigenvalue weighted by molar-refractivity contribution is -0.114. The van der Waals surface area contributed by atoms with Gasteiger partial charge in [0.1, 0.15) is 5.82 Å². The van der Waals surface area contributed by atoms with Gasteiger partial charge >= 0.3 is 0 Å². The van der Waals surface area contributed by atoms with Crippen molar-refractivity contribution in [3.63, 3.8) is 0 Å². The zero-order valence-electron chi connectivity index (χ0n) is 18.3. The molecule has 8 heteroatoms. The van der Waals surface area contributed by atoms with E-state index in [-0.39, 0.29) is 11.7 Å². The molecule has 4 rings (SSSR count). The summed E-state index contributed by atoms with van der Waals surface area (Å²) in [5, 5.41) is 12.4. The van der Waals surface area contributed by atoms with Gasteiger partial charge in [0.25, 0.3) is 0 Å². The Morgan fingerprint density at radius 2 is 1.97 bits per heavy atom. The largest absolute Gasteiger partial charge is 0.349 e. The van der Waals surface area contributed by atoms with Crippen molar-refractivity contribution in [1.82, 2.24) is 19.3 Å². The zero-order valence-corrected chi connectivity index (χ0v) is 19.1. The Morgan fingerprint density at radius 3 is 2.61 bits per heavy atom. The highest BCUT2D eigenvalue weighted by atomic mass is 32.2. The van der Waals surface area contributed by atoms with Gasteiger partial charge in [0, 0.05) is 42.0 Å². The second-order valence-corrected chi connectivity index (χ2v) is 8.87. The summed E-state index contributed by atoms with van der Waals surface area (Å²) in [6, 6.07) is 9.61. The number of nitrogens with one attached hydrogen (secondary N) is 1. The van der Waals surface area contributed by atoms with E-state index < -0.39 is 0 Å². The van der Waals surface area contributed by atoms with E-state index in [9.17, 15) is 9.59 Å². The molecule has 0 spiro atoms. The number of hydrogen-bond acceptors (Lipinski definition) is 5. The monoisotopic (exact) mass is 437 g/mol. The summed E-state index contributed by atoms with van der Waals surface area (Å²) in [4.78, 5) is 24.4. The van der Waals surface area contributed by atoms with Crippen LogP contribution in [-0.4, -0.2) is 36.8 Å². The number of rotatable bonds is 8. The molecule has 2 aromatic heterocycles. The molecular weight excluding hydrogens is 410 g/mol. The predicted octanol–water partition coefficient (Wildman–Crippen LogP) is 4.52. The highest BCUT2D eigenvalue weighted by Gasteiger charge is 2.31. The first-order valence-electron chi connectivity index (χ1n) is 10.5. The van der Waals surface area contributed by atoms with Crippen LogP contribution in [0.4, 0.5) is 5.69 Å². The number of thioether (sulfide) groups is 1. The Morgan fingerprint density at radius 1 is 1.19 bits per heavy atom. The summed E-state index contributed by atoms with van der Waals surface area (Å²) in [7, 11) is 0. The summed E-state index contributed by atoms with van der Waals surface area (Å²) in [6.07, 6.45) is 2.19. The van der Waals surface area contributed by atoms with Crippen molar-refractivity contribution in [2.24, 2.45) is 0 Å². The minimum atomic E-state index is -0.117. The standard InChI is InChI=1S/C23H27N5O2S/c1-5-27-14(2)11-20(15(27)3)21(30)13-31-23-26-25-22(17-9-10-17)28(23)19-8-6-7-18(12-19)24-16(4)29/h6-8,11-12,17H,5,9-10,13H2,1-4H3,(H,24,29). The van der Waals surface area contributed by atoms with E-state index in [2.05, 4.69) is 27.0 Å². The van der Waals surface area contributed by atoms with Crippen molar-refractivity contribution in [2.45, 2.75) is 58.2 Å². The normalized spacial score (nSPS) is 13.4. The fraction of sp³-hybridized carbons (Fsp3) is 0.391. The topological polar surface area (TPSA) is 81.8 Å². The number of Topliss-reactive ketones (excluding diaryl/α,β-unsaturated/α-hetero) is 1. The van der Waals surface area contributed by atoms with Crippen molar-refractivity contribution in [3.05, 3.63) is 53.1 Å². The summed E-state index contributed by atoms with van der Waals surface area (Å²) in [5.74, 6) is 1.58. The smallest absolute Gasteiger partial charge is 0.221 e. The van der Waals surface area contributed by atoms with Gasteiger partial charge in [-0.1, -0.05) is 17.8 Å². The molecule has 31 heavy (non-hydrogen) atoms. The molecule has 7 nitrogen and oxygen atoms in total. The number of ketones is 1. The molecule has 1 amide bonds. The Hall–Kier alpha value is -2.87. The quantitative estimate of drug-likeness (QED) is 0.414. The van der Waals surface area contributed by atoms with Gasteiger partial charge in [-0.25, -0.2) is 0 Å². The SMILES string of the molecule is CCn1c(C)cc(C(=O)CSc2nnc(C3CC3)n2-c2cccc(NC(C)=O)c2)c1C. The van der Waals surface area contributed by atoms with Gasteiger partial charge in [0.2, 0.25) is 5.91 Å². The van der Waals surface area contributed by atoms with Crippen LogP contribution in [0.25, 0.3) is 5.69 Å². The van der Waals surface area contributed by atoms with Crippen LogP contribution in [0.3, 0.4) is 0 Å². The molecule has 1 aliphatic rings. The van der Waals surface area contributed by atoms with E-state index in [1.807, 2.05) is 48.7 Å². The maximum Gasteiger partial charge on any atom is 0.221 e. The highest BCUT2D eigenvalue weighted by molar-refractivity contribution is 7.99. The molecule has 1 aliphatic carbocycles. The van der Waals surface area contributed by atoms with Crippen molar-refractivity contribution in [2.75, 3.05) is 11.1 Å². The Balaban J connectivity index is 1.60. The van der Waals surface area contributed by atoms with E-state index in [4.69, 9.17) is 0 Å². The molecule has 1 aromatic carbocycles. The fourth-order valence-electron chi connectivity index (χ4n) is 3.93. The Labute approximate surface area is 186 Å². The summed E-state index contributed by atoms with van der Waals surface area (Å²) >= 11 is 1.41. The summed E-state index contributed by atoms with van der Waals surface area (Å²) in [5.41, 5.74) is 4.49. The number of carbonyl (C=O) groups is 2. The number of amides is 1. The molecule has 2 heterocycles. The Kier molecular flexibility index (Phi) is 6.00. The van der Waals surface area contributed by atoms with E-state index in [0.29, 0.717) is 16.8 Å². The minimum absolute atomic E-state index is 0.0901. The molecular formula is C23H27N5O2S. The molecule has 0 aliphatic heterocycles. The van der Waals surface area contributed by atoms with Gasteiger partial charge in [0.15, 0.2) is 10.9 Å². The van der Waals surface area contributed by atoms with Crippen LogP contribution in [-0.2, 0) is 11.3 Å². The molecule has 0 bridgehead atoms. The first-order valence-corrected chi connectivity index (χ1v) is 11.5. The first-order chi connectivity index (χ1) is 14.9. The maximum absolute atomic E-state index is 13.0. The van der Waals surface area contributed by atoms with Crippen molar-refractivity contribution in [3.8, 4) is 5.69 Å². The van der Waals surface area contributed by atoms with Gasteiger partial charge < -0.3 is 9.88 Å². The van der Waals surface area contributed by atoms with Gasteiger partial charge in [0.05, 0.1) is 11.4 Å². The van der Waals surface area contributed by atoms with Crippen LogP contribution in [0.2, 0.25) is 0 Å².